The van der Waals surface area contributed by atoms with E-state index in [4.69, 9.17) is 0 Å². The van der Waals surface area contributed by atoms with E-state index in [2.05, 4.69) is 28.5 Å². The Morgan fingerprint density at radius 3 is 2.67 bits per heavy atom. The van der Waals surface area contributed by atoms with Gasteiger partial charge in [0.05, 0.1) is 6.20 Å². The Balaban J connectivity index is 1.66. The Kier molecular flexibility index (Phi) is 2.10. The second kappa shape index (κ2) is 3.67. The maximum absolute atomic E-state index is 4.42. The molecule has 4 rings (SSSR count). The summed E-state index contributed by atoms with van der Waals surface area (Å²) >= 11 is 0. The number of nitrogens with zero attached hydrogens (tertiary/aromatic N) is 3. The first-order chi connectivity index (χ1) is 8.83. The normalized spacial score (nSPS) is 29.3. The van der Waals surface area contributed by atoms with Gasteiger partial charge in [-0.15, -0.1) is 0 Å². The molecule has 2 fully saturated rings. The first-order valence-corrected chi connectivity index (χ1v) is 6.77. The summed E-state index contributed by atoms with van der Waals surface area (Å²) < 4.78 is 1.84. The summed E-state index contributed by atoms with van der Waals surface area (Å²) in [4.78, 5) is 4.42. The van der Waals surface area contributed by atoms with Crippen LogP contribution in [0.2, 0.25) is 0 Å². The minimum Gasteiger partial charge on any atom is -0.275 e. The predicted molar refractivity (Wildman–Crippen MR) is 70.0 cm³/mol. The molecular weight excluding hydrogens is 222 g/mol. The lowest BCUT2D eigenvalue weighted by Gasteiger charge is -2.05. The van der Waals surface area contributed by atoms with Crippen LogP contribution < -0.4 is 0 Å². The van der Waals surface area contributed by atoms with Crippen molar-refractivity contribution < 1.29 is 0 Å². The number of aromatic nitrogens is 3. The van der Waals surface area contributed by atoms with E-state index in [0.29, 0.717) is 0 Å². The average molecular weight is 239 g/mol. The van der Waals surface area contributed by atoms with Crippen LogP contribution >= 0.6 is 0 Å². The summed E-state index contributed by atoms with van der Waals surface area (Å²) in [5, 5.41) is 4.23. The lowest BCUT2D eigenvalue weighted by atomic mass is 10.0. The lowest BCUT2D eigenvalue weighted by molar-refractivity contribution is 0.681. The molecule has 0 spiro atoms. The van der Waals surface area contributed by atoms with Crippen LogP contribution in [0.3, 0.4) is 0 Å². The number of aryl methyl sites for hydroxylation is 1. The smallest absolute Gasteiger partial charge is 0.0568 e. The molecule has 0 aliphatic heterocycles. The molecule has 2 atom stereocenters. The molecule has 0 aromatic carbocycles. The maximum atomic E-state index is 4.42. The van der Waals surface area contributed by atoms with Crippen molar-refractivity contribution in [1.82, 2.24) is 14.8 Å². The topological polar surface area (TPSA) is 30.7 Å². The van der Waals surface area contributed by atoms with Gasteiger partial charge in [-0.3, -0.25) is 9.67 Å². The summed E-state index contributed by atoms with van der Waals surface area (Å²) in [6.07, 6.45) is 12.2. The van der Waals surface area contributed by atoms with Crippen molar-refractivity contribution in [3.63, 3.8) is 0 Å². The molecule has 0 bridgehead atoms. The first kappa shape index (κ1) is 10.3. The highest BCUT2D eigenvalue weighted by Crippen LogP contribution is 2.63. The highest BCUT2D eigenvalue weighted by Gasteiger charge is 2.53. The van der Waals surface area contributed by atoms with Crippen LogP contribution in [-0.2, 0) is 7.05 Å². The molecule has 2 aliphatic rings. The highest BCUT2D eigenvalue weighted by atomic mass is 15.2. The van der Waals surface area contributed by atoms with E-state index in [1.807, 2.05) is 24.1 Å². The van der Waals surface area contributed by atoms with E-state index in [0.717, 1.165) is 23.3 Å². The van der Waals surface area contributed by atoms with Crippen LogP contribution in [0.25, 0.3) is 11.1 Å². The van der Waals surface area contributed by atoms with Gasteiger partial charge in [0.25, 0.3) is 0 Å². The fourth-order valence-electron chi connectivity index (χ4n) is 3.68. The summed E-state index contributed by atoms with van der Waals surface area (Å²) in [6.45, 7) is 0. The zero-order chi connectivity index (χ0) is 12.1. The molecule has 0 N–H and O–H groups in total. The van der Waals surface area contributed by atoms with Gasteiger partial charge >= 0.3 is 0 Å². The number of pyridine rings is 1. The Morgan fingerprint density at radius 1 is 1.11 bits per heavy atom. The molecule has 92 valence electrons. The van der Waals surface area contributed by atoms with Crippen molar-refractivity contribution in [1.29, 1.82) is 0 Å². The van der Waals surface area contributed by atoms with Gasteiger partial charge in [-0.1, -0.05) is 6.42 Å². The van der Waals surface area contributed by atoms with Crippen molar-refractivity contribution in [2.24, 2.45) is 18.9 Å². The van der Waals surface area contributed by atoms with Crippen molar-refractivity contribution >= 4 is 0 Å². The van der Waals surface area contributed by atoms with Gasteiger partial charge in [0.2, 0.25) is 0 Å². The SMILES string of the molecule is Cn1cc(-c2cncc(C3C4CCCC43)c2)cn1. The molecule has 18 heavy (non-hydrogen) atoms. The molecule has 0 saturated heterocycles. The Labute approximate surface area is 107 Å². The summed E-state index contributed by atoms with van der Waals surface area (Å²) in [7, 11) is 1.95. The quantitative estimate of drug-likeness (QED) is 0.806. The predicted octanol–water partition coefficient (Wildman–Crippen LogP) is 3.00. The van der Waals surface area contributed by atoms with Gasteiger partial charge in [0, 0.05) is 36.8 Å². The molecule has 2 unspecified atom stereocenters. The fraction of sp³-hybridized carbons (Fsp3) is 0.467. The molecule has 2 aromatic heterocycles. The average Bonchev–Trinajstić information content (AvgIpc) is 2.78. The Morgan fingerprint density at radius 2 is 1.94 bits per heavy atom. The van der Waals surface area contributed by atoms with Gasteiger partial charge in [-0.2, -0.15) is 5.10 Å². The van der Waals surface area contributed by atoms with E-state index >= 15 is 0 Å². The third kappa shape index (κ3) is 1.50. The monoisotopic (exact) mass is 239 g/mol. The molecule has 2 aliphatic carbocycles. The zero-order valence-corrected chi connectivity index (χ0v) is 10.6. The van der Waals surface area contributed by atoms with E-state index in [-0.39, 0.29) is 0 Å². The van der Waals surface area contributed by atoms with Gasteiger partial charge in [-0.05, 0) is 42.2 Å². The lowest BCUT2D eigenvalue weighted by Crippen LogP contribution is -1.90. The van der Waals surface area contributed by atoms with Gasteiger partial charge in [0.15, 0.2) is 0 Å². The molecule has 0 radical (unpaired) electrons. The minimum absolute atomic E-state index is 0.794. The van der Waals surface area contributed by atoms with Crippen molar-refractivity contribution in [2.75, 3.05) is 0 Å². The van der Waals surface area contributed by atoms with Crippen LogP contribution in [0.5, 0.6) is 0 Å². The van der Waals surface area contributed by atoms with E-state index in [1.54, 1.807) is 0 Å². The summed E-state index contributed by atoms with van der Waals surface area (Å²) in [5.41, 5.74) is 3.80. The van der Waals surface area contributed by atoms with E-state index in [1.165, 1.54) is 30.4 Å². The highest BCUT2D eigenvalue weighted by molar-refractivity contribution is 5.61. The molecule has 2 saturated carbocycles. The number of rotatable bonds is 2. The Bertz CT molecular complexity index is 577. The third-order valence-corrected chi connectivity index (χ3v) is 4.59. The molecule has 2 aromatic rings. The summed E-state index contributed by atoms with van der Waals surface area (Å²) in [6, 6.07) is 2.31. The zero-order valence-electron chi connectivity index (χ0n) is 10.6. The van der Waals surface area contributed by atoms with Gasteiger partial charge in [0.1, 0.15) is 0 Å². The largest absolute Gasteiger partial charge is 0.275 e. The second-order valence-corrected chi connectivity index (χ2v) is 5.69. The van der Waals surface area contributed by atoms with Crippen molar-refractivity contribution in [3.8, 4) is 11.1 Å². The standard InChI is InChI=1S/C15H17N3/c1-18-9-12(8-17-18)10-5-11(7-16-6-10)15-13-3-2-4-14(13)15/h5-9,13-15H,2-4H2,1H3. The van der Waals surface area contributed by atoms with E-state index < -0.39 is 0 Å². The van der Waals surface area contributed by atoms with Gasteiger partial charge in [-0.25, -0.2) is 0 Å². The van der Waals surface area contributed by atoms with Crippen molar-refractivity contribution in [2.45, 2.75) is 25.2 Å². The maximum Gasteiger partial charge on any atom is 0.0568 e. The van der Waals surface area contributed by atoms with Crippen molar-refractivity contribution in [3.05, 3.63) is 36.4 Å². The molecule has 3 heteroatoms. The van der Waals surface area contributed by atoms with Crippen LogP contribution in [0.1, 0.15) is 30.7 Å². The van der Waals surface area contributed by atoms with Crippen LogP contribution in [0.15, 0.2) is 30.9 Å². The molecule has 2 heterocycles. The van der Waals surface area contributed by atoms with Gasteiger partial charge < -0.3 is 0 Å². The first-order valence-electron chi connectivity index (χ1n) is 6.77. The summed E-state index contributed by atoms with van der Waals surface area (Å²) in [5.74, 6) is 2.70. The van der Waals surface area contributed by atoms with Crippen LogP contribution in [0, 0.1) is 11.8 Å². The van der Waals surface area contributed by atoms with E-state index in [9.17, 15) is 0 Å². The number of hydrogen-bond acceptors (Lipinski definition) is 2. The Hall–Kier alpha value is -1.64. The fourth-order valence-corrected chi connectivity index (χ4v) is 3.68. The number of fused-ring (bicyclic) bond motifs is 1. The molecular formula is C15H17N3. The van der Waals surface area contributed by atoms with Crippen LogP contribution in [-0.4, -0.2) is 14.8 Å². The number of hydrogen-bond donors (Lipinski definition) is 0. The second-order valence-electron chi connectivity index (χ2n) is 5.69. The molecule has 3 nitrogen and oxygen atoms in total. The van der Waals surface area contributed by atoms with Crippen LogP contribution in [0.4, 0.5) is 0 Å². The minimum atomic E-state index is 0.794. The molecule has 0 amide bonds. The third-order valence-electron chi connectivity index (χ3n) is 4.59.